The van der Waals surface area contributed by atoms with Gasteiger partial charge in [0.05, 0.1) is 12.5 Å². The predicted molar refractivity (Wildman–Crippen MR) is 124 cm³/mol. The number of amides is 2. The van der Waals surface area contributed by atoms with Crippen LogP contribution in [0.4, 0.5) is 5.69 Å². The van der Waals surface area contributed by atoms with E-state index in [-0.39, 0.29) is 48.6 Å². The molecule has 1 heterocycles. The number of nitrogens with one attached hydrogen (secondary N) is 1. The van der Waals surface area contributed by atoms with Gasteiger partial charge in [0.2, 0.25) is 11.8 Å². The van der Waals surface area contributed by atoms with Crippen molar-refractivity contribution in [2.24, 2.45) is 23.5 Å². The Balaban J connectivity index is 0.00000160. The summed E-state index contributed by atoms with van der Waals surface area (Å²) in [6.07, 6.45) is 4.38. The number of nitrogens with zero attached hydrogens (tertiary/aromatic N) is 2. The average molecular weight is 457 g/mol. The lowest BCUT2D eigenvalue weighted by Crippen LogP contribution is -2.54. The Kier molecular flexibility index (Phi) is 8.98. The third-order valence-corrected chi connectivity index (χ3v) is 6.99. The van der Waals surface area contributed by atoms with Gasteiger partial charge < -0.3 is 16.0 Å². The van der Waals surface area contributed by atoms with Gasteiger partial charge in [-0.1, -0.05) is 25.1 Å². The summed E-state index contributed by atoms with van der Waals surface area (Å²) in [7, 11) is 0. The first kappa shape index (κ1) is 24.9. The topological polar surface area (TPSA) is 78.7 Å². The Hall–Kier alpha value is -1.34. The normalized spacial score (nSPS) is 27.9. The fourth-order valence-corrected chi connectivity index (χ4v) is 5.38. The molecule has 3 aliphatic rings. The number of hydrogen-bond acceptors (Lipinski definition) is 4. The molecule has 0 radical (unpaired) electrons. The van der Waals surface area contributed by atoms with E-state index in [9.17, 15) is 9.59 Å². The minimum absolute atomic E-state index is 0. The average Bonchev–Trinajstić information content (AvgIpc) is 3.30. The molecule has 2 saturated carbocycles. The van der Waals surface area contributed by atoms with Gasteiger partial charge in [-0.05, 0) is 49.1 Å². The van der Waals surface area contributed by atoms with Gasteiger partial charge in [0.25, 0.3) is 0 Å². The Morgan fingerprint density at radius 2 is 1.73 bits per heavy atom. The zero-order chi connectivity index (χ0) is 19.7. The number of fused-ring (bicyclic) bond motifs is 2. The molecule has 4 atom stereocenters. The van der Waals surface area contributed by atoms with Crippen LogP contribution in [0.3, 0.4) is 0 Å². The predicted octanol–water partition coefficient (Wildman–Crippen LogP) is 2.55. The van der Waals surface area contributed by atoms with Crippen molar-refractivity contribution < 1.29 is 9.59 Å². The number of aryl methyl sites for hydroxylation is 1. The maximum atomic E-state index is 13.0. The third kappa shape index (κ3) is 5.10. The minimum Gasteiger partial charge on any atom is -0.340 e. The van der Waals surface area contributed by atoms with Crippen molar-refractivity contribution in [3.8, 4) is 0 Å². The Labute approximate surface area is 191 Å². The van der Waals surface area contributed by atoms with E-state index in [0.29, 0.717) is 31.5 Å². The molecule has 1 aromatic carbocycles. The van der Waals surface area contributed by atoms with E-state index >= 15 is 0 Å². The van der Waals surface area contributed by atoms with E-state index in [4.69, 9.17) is 5.73 Å². The van der Waals surface area contributed by atoms with Crippen molar-refractivity contribution in [2.75, 3.05) is 38.0 Å². The molecule has 2 bridgehead atoms. The highest BCUT2D eigenvalue weighted by molar-refractivity contribution is 5.93. The summed E-state index contributed by atoms with van der Waals surface area (Å²) in [5, 5.41) is 3.03. The number of para-hydroxylation sites is 1. The zero-order valence-corrected chi connectivity index (χ0v) is 19.2. The Morgan fingerprint density at radius 1 is 1.07 bits per heavy atom. The summed E-state index contributed by atoms with van der Waals surface area (Å²) in [4.78, 5) is 29.6. The number of rotatable bonds is 5. The summed E-state index contributed by atoms with van der Waals surface area (Å²) in [5.74, 6) is 1.33. The number of carbonyl (C=O) groups excluding carboxylic acids is 2. The highest BCUT2D eigenvalue weighted by Gasteiger charge is 2.50. The number of anilines is 1. The van der Waals surface area contributed by atoms with Crippen molar-refractivity contribution in [3.05, 3.63) is 29.8 Å². The van der Waals surface area contributed by atoms with Crippen molar-refractivity contribution in [1.29, 1.82) is 0 Å². The number of nitrogens with two attached hydrogens (primary N) is 1. The molecule has 0 spiro atoms. The van der Waals surface area contributed by atoms with Gasteiger partial charge in [-0.25, -0.2) is 0 Å². The van der Waals surface area contributed by atoms with Crippen molar-refractivity contribution in [2.45, 2.75) is 38.6 Å². The molecule has 2 amide bonds. The molecule has 1 aromatic rings. The van der Waals surface area contributed by atoms with Crippen molar-refractivity contribution in [1.82, 2.24) is 9.80 Å². The molecule has 30 heavy (non-hydrogen) atoms. The highest BCUT2D eigenvalue weighted by Crippen LogP contribution is 2.48. The van der Waals surface area contributed by atoms with E-state index in [0.717, 1.165) is 43.6 Å². The summed E-state index contributed by atoms with van der Waals surface area (Å²) in [6.45, 7) is 5.32. The standard InChI is InChI=1S/C22H32N4O2.2ClH/c1-2-15-5-3-4-6-18(15)24-19(27)14-25-9-11-26(12-10-25)22(28)20-16-7-8-17(13-16)21(20)23;;/h3-6,16-17,20-21H,2,7-14,23H2,1H3,(H,24,27);2*1H. The second-order valence-electron chi connectivity index (χ2n) is 8.60. The quantitative estimate of drug-likeness (QED) is 0.713. The Morgan fingerprint density at radius 3 is 2.37 bits per heavy atom. The first-order valence-corrected chi connectivity index (χ1v) is 10.7. The van der Waals surface area contributed by atoms with Crippen LogP contribution in [-0.4, -0.2) is 60.4 Å². The molecule has 2 aliphatic carbocycles. The van der Waals surface area contributed by atoms with Gasteiger partial charge in [0, 0.05) is 37.9 Å². The monoisotopic (exact) mass is 456 g/mol. The largest absolute Gasteiger partial charge is 0.340 e. The molecule has 4 unspecified atom stereocenters. The fraction of sp³-hybridized carbons (Fsp3) is 0.636. The number of carbonyl (C=O) groups is 2. The van der Waals surface area contributed by atoms with Gasteiger partial charge in [-0.2, -0.15) is 0 Å². The van der Waals surface area contributed by atoms with Crippen LogP contribution < -0.4 is 11.1 Å². The lowest BCUT2D eigenvalue weighted by atomic mass is 9.84. The summed E-state index contributed by atoms with van der Waals surface area (Å²) in [6, 6.07) is 7.98. The molecule has 3 N–H and O–H groups in total. The van der Waals surface area contributed by atoms with Crippen LogP contribution in [0.1, 0.15) is 31.7 Å². The van der Waals surface area contributed by atoms with Crippen LogP contribution in [-0.2, 0) is 16.0 Å². The molecule has 8 heteroatoms. The Bertz CT molecular complexity index is 738. The number of benzene rings is 1. The second-order valence-corrected chi connectivity index (χ2v) is 8.60. The molecule has 1 saturated heterocycles. The van der Waals surface area contributed by atoms with E-state index in [2.05, 4.69) is 17.1 Å². The van der Waals surface area contributed by atoms with Gasteiger partial charge in [0.15, 0.2) is 0 Å². The van der Waals surface area contributed by atoms with Crippen LogP contribution in [0.2, 0.25) is 0 Å². The smallest absolute Gasteiger partial charge is 0.238 e. The maximum Gasteiger partial charge on any atom is 0.238 e. The van der Waals surface area contributed by atoms with E-state index in [1.165, 1.54) is 6.42 Å². The lowest BCUT2D eigenvalue weighted by molar-refractivity contribution is -0.139. The molecule has 168 valence electrons. The number of halogens is 2. The van der Waals surface area contributed by atoms with Crippen LogP contribution in [0, 0.1) is 17.8 Å². The molecule has 0 aromatic heterocycles. The van der Waals surface area contributed by atoms with Crippen LogP contribution in [0.15, 0.2) is 24.3 Å². The van der Waals surface area contributed by atoms with Gasteiger partial charge in [0.1, 0.15) is 0 Å². The molecular formula is C22H34Cl2N4O2. The second kappa shape index (κ2) is 10.8. The SMILES string of the molecule is CCc1ccccc1NC(=O)CN1CCN(C(=O)C2C3CCC(C3)C2N)CC1.Cl.Cl. The highest BCUT2D eigenvalue weighted by atomic mass is 35.5. The van der Waals surface area contributed by atoms with E-state index < -0.39 is 0 Å². The molecule has 6 nitrogen and oxygen atoms in total. The zero-order valence-electron chi connectivity index (χ0n) is 17.6. The van der Waals surface area contributed by atoms with Crippen LogP contribution in [0.5, 0.6) is 0 Å². The first-order valence-electron chi connectivity index (χ1n) is 10.7. The summed E-state index contributed by atoms with van der Waals surface area (Å²) < 4.78 is 0. The number of piperazine rings is 1. The van der Waals surface area contributed by atoms with E-state index in [1.807, 2.05) is 29.2 Å². The van der Waals surface area contributed by atoms with Crippen molar-refractivity contribution >= 4 is 42.3 Å². The van der Waals surface area contributed by atoms with Gasteiger partial charge in [-0.3, -0.25) is 14.5 Å². The molecule has 3 fully saturated rings. The number of hydrogen-bond donors (Lipinski definition) is 2. The molecular weight excluding hydrogens is 423 g/mol. The van der Waals surface area contributed by atoms with Gasteiger partial charge in [-0.15, -0.1) is 24.8 Å². The van der Waals surface area contributed by atoms with Gasteiger partial charge >= 0.3 is 0 Å². The lowest BCUT2D eigenvalue weighted by Gasteiger charge is -2.38. The van der Waals surface area contributed by atoms with E-state index in [1.54, 1.807) is 0 Å². The maximum absolute atomic E-state index is 13.0. The summed E-state index contributed by atoms with van der Waals surface area (Å²) >= 11 is 0. The van der Waals surface area contributed by atoms with Crippen LogP contribution >= 0.6 is 24.8 Å². The summed E-state index contributed by atoms with van der Waals surface area (Å²) in [5.41, 5.74) is 8.40. The fourth-order valence-electron chi connectivity index (χ4n) is 5.38. The first-order chi connectivity index (χ1) is 13.6. The minimum atomic E-state index is 0. The van der Waals surface area contributed by atoms with Crippen LogP contribution in [0.25, 0.3) is 0 Å². The molecule has 1 aliphatic heterocycles. The van der Waals surface area contributed by atoms with Crippen molar-refractivity contribution in [3.63, 3.8) is 0 Å². The molecule has 4 rings (SSSR count). The third-order valence-electron chi connectivity index (χ3n) is 6.99.